The number of hydrogen-bond acceptors (Lipinski definition) is 5. The third kappa shape index (κ3) is 4.85. The number of amides is 2. The number of pyridine rings is 1. The van der Waals surface area contributed by atoms with Crippen molar-refractivity contribution in [1.29, 1.82) is 0 Å². The van der Waals surface area contributed by atoms with Gasteiger partial charge in [-0.15, -0.1) is 0 Å². The van der Waals surface area contributed by atoms with Gasteiger partial charge in [-0.3, -0.25) is 4.98 Å². The second-order valence-corrected chi connectivity index (χ2v) is 9.14. The lowest BCUT2D eigenvalue weighted by Gasteiger charge is -2.25. The Morgan fingerprint density at radius 3 is 2.66 bits per heavy atom. The first-order valence-corrected chi connectivity index (χ1v) is 12.2. The van der Waals surface area contributed by atoms with Crippen molar-refractivity contribution in [3.05, 3.63) is 83.7 Å². The van der Waals surface area contributed by atoms with E-state index in [0.29, 0.717) is 29.3 Å². The van der Waals surface area contributed by atoms with Gasteiger partial charge in [0.15, 0.2) is 0 Å². The summed E-state index contributed by atoms with van der Waals surface area (Å²) in [6.45, 7) is 0. The highest BCUT2D eigenvalue weighted by molar-refractivity contribution is 6.04. The van der Waals surface area contributed by atoms with E-state index in [0.717, 1.165) is 11.3 Å². The molecule has 1 saturated carbocycles. The van der Waals surface area contributed by atoms with Crippen LogP contribution in [0.5, 0.6) is 11.5 Å². The summed E-state index contributed by atoms with van der Waals surface area (Å²) in [7, 11) is 1.60. The molecule has 180 valence electrons. The molecule has 7 nitrogen and oxygen atoms in total. The minimum absolute atomic E-state index is 0.134. The van der Waals surface area contributed by atoms with Crippen LogP contribution in [0.25, 0.3) is 0 Å². The second-order valence-electron chi connectivity index (χ2n) is 9.14. The number of methoxy groups -OCH3 is 1. The van der Waals surface area contributed by atoms with Crippen molar-refractivity contribution in [1.82, 2.24) is 9.99 Å². The summed E-state index contributed by atoms with van der Waals surface area (Å²) in [4.78, 5) is 17.8. The third-order valence-corrected chi connectivity index (χ3v) is 6.95. The minimum Gasteiger partial charge on any atom is -0.508 e. The Bertz CT molecular complexity index is 1220. The van der Waals surface area contributed by atoms with E-state index in [2.05, 4.69) is 21.5 Å². The number of phenols is 1. The van der Waals surface area contributed by atoms with E-state index < -0.39 is 6.04 Å². The maximum atomic E-state index is 13.6. The molecule has 0 saturated heterocycles. The van der Waals surface area contributed by atoms with E-state index in [4.69, 9.17) is 4.74 Å². The van der Waals surface area contributed by atoms with Crippen molar-refractivity contribution >= 4 is 17.4 Å². The molecule has 3 aromatic rings. The van der Waals surface area contributed by atoms with Crippen molar-refractivity contribution in [2.24, 2.45) is 5.10 Å². The predicted octanol–water partition coefficient (Wildman–Crippen LogP) is 6.23. The maximum absolute atomic E-state index is 13.6. The molecular weight excluding hydrogens is 440 g/mol. The van der Waals surface area contributed by atoms with Crippen LogP contribution in [0.1, 0.15) is 67.2 Å². The number of anilines is 1. The van der Waals surface area contributed by atoms with Crippen LogP contribution in [0, 0.1) is 0 Å². The standard InChI is InChI=1S/C28H30N4O3/c1-35-27-14-13-20(19-8-3-2-4-9-19)16-24(27)30-28(34)32-25(22-11-5-6-12-26(22)33)17-23(31-32)21-10-7-15-29-18-21/h5-7,10-16,18-19,25,33H,2-4,8-9,17H2,1H3,(H,30,34). The molecule has 1 aliphatic carbocycles. The molecule has 1 atom stereocenters. The van der Waals surface area contributed by atoms with Gasteiger partial charge in [0.2, 0.25) is 0 Å². The van der Waals surface area contributed by atoms with Crippen LogP contribution in [-0.2, 0) is 0 Å². The van der Waals surface area contributed by atoms with E-state index in [1.54, 1.807) is 31.6 Å². The molecule has 2 amide bonds. The van der Waals surface area contributed by atoms with Gasteiger partial charge >= 0.3 is 6.03 Å². The number of benzene rings is 2. The fraction of sp³-hybridized carbons (Fsp3) is 0.321. The molecule has 1 fully saturated rings. The molecular formula is C28H30N4O3. The molecule has 5 rings (SSSR count). The summed E-state index contributed by atoms with van der Waals surface area (Å²) in [5.74, 6) is 1.24. The number of rotatable bonds is 5. The number of aromatic nitrogens is 1. The van der Waals surface area contributed by atoms with Crippen LogP contribution < -0.4 is 10.1 Å². The van der Waals surface area contributed by atoms with Gasteiger partial charge < -0.3 is 15.2 Å². The highest BCUT2D eigenvalue weighted by Crippen LogP contribution is 2.39. The molecule has 0 radical (unpaired) electrons. The number of ether oxygens (including phenoxy) is 1. The summed E-state index contributed by atoms with van der Waals surface area (Å²) >= 11 is 0. The Morgan fingerprint density at radius 2 is 1.91 bits per heavy atom. The Kier molecular flexibility index (Phi) is 6.66. The number of urea groups is 1. The van der Waals surface area contributed by atoms with Crippen LogP contribution in [-0.4, -0.2) is 34.0 Å². The molecule has 1 unspecified atom stereocenters. The predicted molar refractivity (Wildman–Crippen MR) is 136 cm³/mol. The topological polar surface area (TPSA) is 87.0 Å². The van der Waals surface area contributed by atoms with E-state index in [1.165, 1.54) is 42.7 Å². The van der Waals surface area contributed by atoms with Gasteiger partial charge in [0.25, 0.3) is 0 Å². The molecule has 7 heteroatoms. The van der Waals surface area contributed by atoms with Gasteiger partial charge in [-0.2, -0.15) is 5.10 Å². The average molecular weight is 471 g/mol. The maximum Gasteiger partial charge on any atom is 0.342 e. The number of carbonyl (C=O) groups is 1. The van der Waals surface area contributed by atoms with Crippen LogP contribution in [0.3, 0.4) is 0 Å². The van der Waals surface area contributed by atoms with Crippen LogP contribution in [0.2, 0.25) is 0 Å². The zero-order valence-electron chi connectivity index (χ0n) is 19.9. The summed E-state index contributed by atoms with van der Waals surface area (Å²) < 4.78 is 5.55. The van der Waals surface area contributed by atoms with Gasteiger partial charge in [-0.05, 0) is 48.6 Å². The van der Waals surface area contributed by atoms with Gasteiger partial charge in [-0.1, -0.05) is 49.6 Å². The fourth-order valence-electron chi connectivity index (χ4n) is 5.10. The molecule has 1 aromatic heterocycles. The van der Waals surface area contributed by atoms with E-state index in [9.17, 15) is 9.90 Å². The monoisotopic (exact) mass is 470 g/mol. The molecule has 2 heterocycles. The number of nitrogens with one attached hydrogen (secondary N) is 1. The number of hydrazone groups is 1. The SMILES string of the molecule is COc1ccc(C2CCCCC2)cc1NC(=O)N1N=C(c2cccnc2)CC1c1ccccc1O. The lowest BCUT2D eigenvalue weighted by atomic mass is 9.84. The summed E-state index contributed by atoms with van der Waals surface area (Å²) in [6.07, 6.45) is 10.0. The number of aromatic hydroxyl groups is 1. The number of phenolic OH excluding ortho intramolecular Hbond substituents is 1. The van der Waals surface area contributed by atoms with Crippen molar-refractivity contribution in [2.75, 3.05) is 12.4 Å². The molecule has 1 aliphatic heterocycles. The molecule has 2 aromatic carbocycles. The molecule has 0 spiro atoms. The Balaban J connectivity index is 1.46. The van der Waals surface area contributed by atoms with Gasteiger partial charge in [-0.25, -0.2) is 9.80 Å². The zero-order chi connectivity index (χ0) is 24.2. The molecule has 0 bridgehead atoms. The summed E-state index contributed by atoms with van der Waals surface area (Å²) in [6, 6.07) is 16.1. The molecule has 2 aliphatic rings. The number of para-hydroxylation sites is 1. The highest BCUT2D eigenvalue weighted by atomic mass is 16.5. The fourth-order valence-corrected chi connectivity index (χ4v) is 5.10. The quantitative estimate of drug-likeness (QED) is 0.463. The third-order valence-electron chi connectivity index (χ3n) is 6.95. The average Bonchev–Trinajstić information content (AvgIpc) is 3.35. The summed E-state index contributed by atoms with van der Waals surface area (Å²) in [5, 5.41) is 19.7. The van der Waals surface area contributed by atoms with Crippen molar-refractivity contribution in [3.63, 3.8) is 0 Å². The van der Waals surface area contributed by atoms with Crippen molar-refractivity contribution in [2.45, 2.75) is 50.5 Å². The van der Waals surface area contributed by atoms with E-state index in [1.807, 2.05) is 36.4 Å². The zero-order valence-corrected chi connectivity index (χ0v) is 19.9. The van der Waals surface area contributed by atoms with Crippen LogP contribution in [0.4, 0.5) is 10.5 Å². The lowest BCUT2D eigenvalue weighted by molar-refractivity contribution is 0.199. The van der Waals surface area contributed by atoms with Crippen molar-refractivity contribution < 1.29 is 14.6 Å². The second kappa shape index (κ2) is 10.2. The largest absolute Gasteiger partial charge is 0.508 e. The first kappa shape index (κ1) is 22.9. The Labute approximate surface area is 205 Å². The van der Waals surface area contributed by atoms with Gasteiger partial charge in [0.1, 0.15) is 11.5 Å². The van der Waals surface area contributed by atoms with Gasteiger partial charge in [0, 0.05) is 29.9 Å². The van der Waals surface area contributed by atoms with Gasteiger partial charge in [0.05, 0.1) is 24.6 Å². The molecule has 2 N–H and O–H groups in total. The van der Waals surface area contributed by atoms with Crippen molar-refractivity contribution in [3.8, 4) is 11.5 Å². The highest BCUT2D eigenvalue weighted by Gasteiger charge is 2.35. The van der Waals surface area contributed by atoms with Crippen LogP contribution in [0.15, 0.2) is 72.1 Å². The first-order valence-electron chi connectivity index (χ1n) is 12.2. The normalized spacial score (nSPS) is 18.3. The smallest absolute Gasteiger partial charge is 0.342 e. The van der Waals surface area contributed by atoms with E-state index >= 15 is 0 Å². The van der Waals surface area contributed by atoms with E-state index in [-0.39, 0.29) is 11.8 Å². The Morgan fingerprint density at radius 1 is 1.09 bits per heavy atom. The number of carbonyl (C=O) groups excluding carboxylic acids is 1. The first-order chi connectivity index (χ1) is 17.1. The minimum atomic E-state index is -0.445. The molecule has 35 heavy (non-hydrogen) atoms. The summed E-state index contributed by atoms with van der Waals surface area (Å²) in [5.41, 5.74) is 4.08. The van der Waals surface area contributed by atoms with Crippen LogP contribution >= 0.6 is 0 Å². The lowest BCUT2D eigenvalue weighted by Crippen LogP contribution is -2.31. The number of hydrogen-bond donors (Lipinski definition) is 2. The number of nitrogens with zero attached hydrogens (tertiary/aromatic N) is 3. The Hall–Kier alpha value is -3.87.